The molecule has 2 aliphatic heterocycles. The van der Waals surface area contributed by atoms with Crippen molar-refractivity contribution in [1.29, 1.82) is 0 Å². The summed E-state index contributed by atoms with van der Waals surface area (Å²) in [5.74, 6) is 2.56. The summed E-state index contributed by atoms with van der Waals surface area (Å²) >= 11 is 0. The molecule has 142 valence electrons. The van der Waals surface area contributed by atoms with Gasteiger partial charge >= 0.3 is 5.97 Å². The van der Waals surface area contributed by atoms with Gasteiger partial charge in [0.2, 0.25) is 6.79 Å². The number of carbonyl (C=O) groups excluding carboxylic acids is 1. The first-order chi connectivity index (χ1) is 13.2. The van der Waals surface area contributed by atoms with Crippen molar-refractivity contribution in [3.8, 4) is 23.0 Å². The van der Waals surface area contributed by atoms with Crippen LogP contribution in [0, 0.1) is 11.8 Å². The molecule has 1 fully saturated rings. The smallest absolute Gasteiger partial charge is 0.309 e. The largest absolute Gasteiger partial charge is 0.493 e. The Morgan fingerprint density at radius 3 is 2.67 bits per heavy atom. The molecule has 0 radical (unpaired) electrons. The highest BCUT2D eigenvalue weighted by molar-refractivity contribution is 5.75. The Balaban J connectivity index is 1.53. The number of hydrogen-bond acceptors (Lipinski definition) is 6. The molecule has 1 saturated heterocycles. The summed E-state index contributed by atoms with van der Waals surface area (Å²) in [5, 5.41) is 0. The third-order valence-corrected chi connectivity index (χ3v) is 5.18. The summed E-state index contributed by atoms with van der Waals surface area (Å²) in [7, 11) is 3.23. The highest BCUT2D eigenvalue weighted by Crippen LogP contribution is 2.39. The fourth-order valence-electron chi connectivity index (χ4n) is 3.75. The Morgan fingerprint density at radius 1 is 1.00 bits per heavy atom. The van der Waals surface area contributed by atoms with E-state index in [1.54, 1.807) is 14.2 Å². The monoisotopic (exact) mass is 370 g/mol. The molecule has 0 bridgehead atoms. The van der Waals surface area contributed by atoms with E-state index < -0.39 is 0 Å². The number of para-hydroxylation sites is 1. The number of rotatable bonds is 6. The normalized spacial score (nSPS) is 20.4. The molecule has 2 aromatic carbocycles. The molecule has 0 aromatic heterocycles. The first-order valence-electron chi connectivity index (χ1n) is 8.94. The summed E-state index contributed by atoms with van der Waals surface area (Å²) < 4.78 is 27.1. The van der Waals surface area contributed by atoms with E-state index in [1.807, 2.05) is 36.4 Å². The third-order valence-electron chi connectivity index (χ3n) is 5.18. The van der Waals surface area contributed by atoms with Crippen molar-refractivity contribution in [2.75, 3.05) is 27.6 Å². The van der Waals surface area contributed by atoms with E-state index >= 15 is 0 Å². The van der Waals surface area contributed by atoms with Crippen molar-refractivity contribution in [2.45, 2.75) is 12.8 Å². The molecule has 6 nitrogen and oxygen atoms in total. The van der Waals surface area contributed by atoms with E-state index in [1.165, 1.54) is 0 Å². The summed E-state index contributed by atoms with van der Waals surface area (Å²) in [5.41, 5.74) is 2.06. The van der Waals surface area contributed by atoms with Crippen LogP contribution in [-0.2, 0) is 22.4 Å². The van der Waals surface area contributed by atoms with Crippen LogP contribution in [0.3, 0.4) is 0 Å². The molecule has 2 aromatic rings. The molecular weight excluding hydrogens is 348 g/mol. The number of carbonyl (C=O) groups is 1. The van der Waals surface area contributed by atoms with Crippen molar-refractivity contribution in [1.82, 2.24) is 0 Å². The van der Waals surface area contributed by atoms with Crippen molar-refractivity contribution in [2.24, 2.45) is 11.8 Å². The van der Waals surface area contributed by atoms with Gasteiger partial charge < -0.3 is 23.7 Å². The van der Waals surface area contributed by atoms with Gasteiger partial charge in [-0.25, -0.2) is 0 Å². The maximum absolute atomic E-state index is 12.4. The minimum atomic E-state index is -0.214. The summed E-state index contributed by atoms with van der Waals surface area (Å²) in [6.45, 7) is 0.640. The van der Waals surface area contributed by atoms with Crippen LogP contribution >= 0.6 is 0 Å². The van der Waals surface area contributed by atoms with E-state index in [0.717, 1.165) is 29.0 Å². The van der Waals surface area contributed by atoms with Gasteiger partial charge in [0, 0.05) is 5.92 Å². The minimum absolute atomic E-state index is 0.0915. The second-order valence-electron chi connectivity index (χ2n) is 6.75. The number of cyclic esters (lactones) is 1. The average molecular weight is 370 g/mol. The van der Waals surface area contributed by atoms with Gasteiger partial charge in [0.25, 0.3) is 0 Å². The van der Waals surface area contributed by atoms with Crippen LogP contribution < -0.4 is 18.9 Å². The third kappa shape index (κ3) is 3.39. The molecule has 0 amide bonds. The van der Waals surface area contributed by atoms with Crippen molar-refractivity contribution in [3.05, 3.63) is 47.5 Å². The number of benzene rings is 2. The zero-order valence-electron chi connectivity index (χ0n) is 15.4. The zero-order chi connectivity index (χ0) is 18.8. The van der Waals surface area contributed by atoms with E-state index in [2.05, 4.69) is 0 Å². The topological polar surface area (TPSA) is 63.2 Å². The van der Waals surface area contributed by atoms with Gasteiger partial charge in [0.15, 0.2) is 23.0 Å². The molecule has 0 unspecified atom stereocenters. The van der Waals surface area contributed by atoms with Crippen molar-refractivity contribution >= 4 is 5.97 Å². The lowest BCUT2D eigenvalue weighted by atomic mass is 9.84. The quantitative estimate of drug-likeness (QED) is 0.729. The molecule has 2 heterocycles. The van der Waals surface area contributed by atoms with Gasteiger partial charge in [0.1, 0.15) is 0 Å². The van der Waals surface area contributed by atoms with Gasteiger partial charge in [-0.1, -0.05) is 18.2 Å². The molecule has 4 rings (SSSR count). The van der Waals surface area contributed by atoms with E-state index in [9.17, 15) is 4.79 Å². The van der Waals surface area contributed by atoms with Gasteiger partial charge in [-0.2, -0.15) is 0 Å². The molecule has 0 aliphatic carbocycles. The highest BCUT2D eigenvalue weighted by atomic mass is 16.7. The van der Waals surface area contributed by atoms with Crippen LogP contribution in [0.4, 0.5) is 0 Å². The first-order valence-corrected chi connectivity index (χ1v) is 8.94. The second-order valence-corrected chi connectivity index (χ2v) is 6.75. The highest BCUT2D eigenvalue weighted by Gasteiger charge is 2.38. The Labute approximate surface area is 157 Å². The summed E-state index contributed by atoms with van der Waals surface area (Å²) in [6, 6.07) is 11.6. The second kappa shape index (κ2) is 7.39. The SMILES string of the molecule is COc1ccc(C[C@H]2COC(=O)[C@@H]2Cc2cccc3c2OCO3)cc1OC. The first kappa shape index (κ1) is 17.5. The minimum Gasteiger partial charge on any atom is -0.493 e. The Hall–Kier alpha value is -2.89. The van der Waals surface area contributed by atoms with E-state index in [4.69, 9.17) is 23.7 Å². The van der Waals surface area contributed by atoms with Gasteiger partial charge in [0.05, 0.1) is 26.7 Å². The van der Waals surface area contributed by atoms with Crippen LogP contribution in [0.5, 0.6) is 23.0 Å². The number of methoxy groups -OCH3 is 2. The maximum atomic E-state index is 12.4. The van der Waals surface area contributed by atoms with Crippen LogP contribution in [-0.4, -0.2) is 33.6 Å². The average Bonchev–Trinajstić information content (AvgIpc) is 3.30. The zero-order valence-corrected chi connectivity index (χ0v) is 15.4. The van der Waals surface area contributed by atoms with Gasteiger partial charge in [-0.15, -0.1) is 0 Å². The summed E-state index contributed by atoms with van der Waals surface area (Å²) in [6.07, 6.45) is 1.30. The lowest BCUT2D eigenvalue weighted by molar-refractivity contribution is -0.141. The fraction of sp³-hybridized carbons (Fsp3) is 0.381. The van der Waals surface area contributed by atoms with Crippen LogP contribution in [0.25, 0.3) is 0 Å². The lowest BCUT2D eigenvalue weighted by Gasteiger charge is -2.17. The molecule has 0 N–H and O–H groups in total. The number of fused-ring (bicyclic) bond motifs is 1. The molecule has 0 spiro atoms. The van der Waals surface area contributed by atoms with Crippen LogP contribution in [0.2, 0.25) is 0 Å². The van der Waals surface area contributed by atoms with Crippen LogP contribution in [0.1, 0.15) is 11.1 Å². The van der Waals surface area contributed by atoms with Gasteiger partial charge in [-0.05, 0) is 42.2 Å². The number of hydrogen-bond donors (Lipinski definition) is 0. The summed E-state index contributed by atoms with van der Waals surface area (Å²) in [4.78, 5) is 12.4. The molecule has 2 atom stereocenters. The Kier molecular flexibility index (Phi) is 4.79. The van der Waals surface area contributed by atoms with E-state index in [0.29, 0.717) is 24.5 Å². The predicted octanol–water partition coefficient (Wildman–Crippen LogP) is 3.01. The molecular formula is C21H22O6. The fourth-order valence-corrected chi connectivity index (χ4v) is 3.75. The molecule has 6 heteroatoms. The lowest BCUT2D eigenvalue weighted by Crippen LogP contribution is -2.21. The van der Waals surface area contributed by atoms with Crippen molar-refractivity contribution < 1.29 is 28.5 Å². The standard InChI is InChI=1S/C21H22O6/c1-23-17-7-6-13(9-19(17)24-2)8-15-11-25-21(22)16(15)10-14-4-3-5-18-20(14)27-12-26-18/h3-7,9,15-16H,8,10-12H2,1-2H3/t15-,16+/m0/s1. The van der Waals surface area contributed by atoms with Crippen LogP contribution in [0.15, 0.2) is 36.4 Å². The molecule has 27 heavy (non-hydrogen) atoms. The van der Waals surface area contributed by atoms with E-state index in [-0.39, 0.29) is 24.6 Å². The molecule has 2 aliphatic rings. The maximum Gasteiger partial charge on any atom is 0.309 e. The van der Waals surface area contributed by atoms with Crippen molar-refractivity contribution in [3.63, 3.8) is 0 Å². The Morgan fingerprint density at radius 2 is 1.85 bits per heavy atom. The number of esters is 1. The predicted molar refractivity (Wildman–Crippen MR) is 97.5 cm³/mol. The van der Waals surface area contributed by atoms with Gasteiger partial charge in [-0.3, -0.25) is 4.79 Å². The number of ether oxygens (including phenoxy) is 5. The Bertz CT molecular complexity index is 847. The molecule has 0 saturated carbocycles.